The van der Waals surface area contributed by atoms with Crippen LogP contribution in [0.5, 0.6) is 0 Å². The average Bonchev–Trinajstić information content (AvgIpc) is 2.97. The molecule has 2 aromatic carbocycles. The summed E-state index contributed by atoms with van der Waals surface area (Å²) in [6.45, 7) is 0. The van der Waals surface area contributed by atoms with Gasteiger partial charge < -0.3 is 9.73 Å². The number of rotatable bonds is 5. The lowest BCUT2D eigenvalue weighted by atomic mass is 10.2. The molecule has 0 atom stereocenters. The predicted molar refractivity (Wildman–Crippen MR) is 86.4 cm³/mol. The zero-order valence-corrected chi connectivity index (χ0v) is 12.9. The van der Waals surface area contributed by atoms with E-state index < -0.39 is 22.3 Å². The molecule has 24 heavy (non-hydrogen) atoms. The molecule has 1 amide bonds. The number of nitro groups is 1. The van der Waals surface area contributed by atoms with Gasteiger partial charge in [0.15, 0.2) is 5.58 Å². The molecule has 3 rings (SSSR count). The van der Waals surface area contributed by atoms with Crippen molar-refractivity contribution in [3.63, 3.8) is 0 Å². The van der Waals surface area contributed by atoms with Crippen LogP contribution in [0.4, 0.5) is 15.8 Å². The summed E-state index contributed by atoms with van der Waals surface area (Å²) >= 11 is 1.06. The molecule has 0 spiro atoms. The van der Waals surface area contributed by atoms with Gasteiger partial charge >= 0.3 is 0 Å². The van der Waals surface area contributed by atoms with E-state index in [1.807, 2.05) is 12.1 Å². The average molecular weight is 347 g/mol. The molecule has 0 saturated carbocycles. The third-order valence-corrected chi connectivity index (χ3v) is 3.86. The molecule has 0 bridgehead atoms. The fourth-order valence-electron chi connectivity index (χ4n) is 1.99. The smallest absolute Gasteiger partial charge is 0.295 e. The molecule has 122 valence electrons. The molecule has 0 unspecified atom stereocenters. The molecule has 3 aromatic rings. The highest BCUT2D eigenvalue weighted by Gasteiger charge is 2.17. The van der Waals surface area contributed by atoms with E-state index in [9.17, 15) is 19.3 Å². The summed E-state index contributed by atoms with van der Waals surface area (Å²) in [4.78, 5) is 26.3. The molecule has 0 radical (unpaired) electrons. The van der Waals surface area contributed by atoms with Crippen molar-refractivity contribution in [3.8, 4) is 0 Å². The van der Waals surface area contributed by atoms with Gasteiger partial charge in [-0.1, -0.05) is 23.9 Å². The van der Waals surface area contributed by atoms with Crippen LogP contribution in [0.3, 0.4) is 0 Å². The number of nitro benzene ring substituents is 1. The number of oxazole rings is 1. The third-order valence-electron chi connectivity index (χ3n) is 3.03. The Bertz CT molecular complexity index is 895. The summed E-state index contributed by atoms with van der Waals surface area (Å²) in [6.07, 6.45) is 0. The normalized spacial score (nSPS) is 10.7. The van der Waals surface area contributed by atoms with Crippen LogP contribution in [-0.2, 0) is 4.79 Å². The lowest BCUT2D eigenvalue weighted by Crippen LogP contribution is -2.15. The predicted octanol–water partition coefficient (Wildman–Crippen LogP) is 3.61. The molecular formula is C15H10FN3O4S. The fraction of sp³-hybridized carbons (Fsp3) is 0.0667. The highest BCUT2D eigenvalue weighted by atomic mass is 32.2. The van der Waals surface area contributed by atoms with Gasteiger partial charge in [0.05, 0.1) is 16.7 Å². The quantitative estimate of drug-likeness (QED) is 0.430. The second kappa shape index (κ2) is 6.67. The van der Waals surface area contributed by atoms with E-state index in [1.165, 1.54) is 0 Å². The van der Waals surface area contributed by atoms with Crippen LogP contribution in [0.1, 0.15) is 0 Å². The Kier molecular flexibility index (Phi) is 4.43. The van der Waals surface area contributed by atoms with E-state index in [2.05, 4.69) is 10.3 Å². The molecule has 9 heteroatoms. The van der Waals surface area contributed by atoms with Crippen molar-refractivity contribution in [3.05, 3.63) is 58.4 Å². The van der Waals surface area contributed by atoms with Gasteiger partial charge in [-0.05, 0) is 24.3 Å². The number of nitrogens with one attached hydrogen (secondary N) is 1. The highest BCUT2D eigenvalue weighted by molar-refractivity contribution is 7.99. The molecule has 0 aliphatic heterocycles. The zero-order valence-electron chi connectivity index (χ0n) is 12.1. The molecular weight excluding hydrogens is 337 g/mol. The molecule has 7 nitrogen and oxygen atoms in total. The van der Waals surface area contributed by atoms with E-state index >= 15 is 0 Å². The monoisotopic (exact) mass is 347 g/mol. The molecule has 0 aliphatic carbocycles. The molecule has 1 heterocycles. The summed E-state index contributed by atoms with van der Waals surface area (Å²) in [5.41, 5.74) is 0.712. The second-order valence-electron chi connectivity index (χ2n) is 4.70. The minimum Gasteiger partial charge on any atom is -0.431 e. The number of carbonyl (C=O) groups is 1. The lowest BCUT2D eigenvalue weighted by molar-refractivity contribution is -0.384. The van der Waals surface area contributed by atoms with Crippen molar-refractivity contribution in [2.45, 2.75) is 5.22 Å². The van der Waals surface area contributed by atoms with Crippen LogP contribution in [0.2, 0.25) is 0 Å². The maximum Gasteiger partial charge on any atom is 0.295 e. The van der Waals surface area contributed by atoms with Crippen molar-refractivity contribution < 1.29 is 18.5 Å². The van der Waals surface area contributed by atoms with Crippen LogP contribution in [0.25, 0.3) is 11.1 Å². The van der Waals surface area contributed by atoms with E-state index in [1.54, 1.807) is 12.1 Å². The number of hydrogen-bond acceptors (Lipinski definition) is 6. The van der Waals surface area contributed by atoms with Crippen LogP contribution < -0.4 is 5.32 Å². The van der Waals surface area contributed by atoms with Gasteiger partial charge in [0.2, 0.25) is 5.91 Å². The standard InChI is InChI=1S/C15H10FN3O4S/c16-9-5-6-10(12(7-9)19(21)22)17-14(20)8-24-15-18-11-3-1-2-4-13(11)23-15/h1-7H,8H2,(H,17,20). The number of anilines is 1. The molecule has 0 fully saturated rings. The molecule has 1 aromatic heterocycles. The van der Waals surface area contributed by atoms with Crippen molar-refractivity contribution in [1.82, 2.24) is 4.98 Å². The highest BCUT2D eigenvalue weighted by Crippen LogP contribution is 2.26. The largest absolute Gasteiger partial charge is 0.431 e. The van der Waals surface area contributed by atoms with Gasteiger partial charge in [0.25, 0.3) is 10.9 Å². The first-order valence-electron chi connectivity index (χ1n) is 6.75. The Balaban J connectivity index is 1.66. The number of amides is 1. The number of thioether (sulfide) groups is 1. The summed E-state index contributed by atoms with van der Waals surface area (Å²) in [5.74, 6) is -1.29. The van der Waals surface area contributed by atoms with Crippen LogP contribution in [-0.4, -0.2) is 21.6 Å². The van der Waals surface area contributed by atoms with Crippen LogP contribution in [0, 0.1) is 15.9 Å². The summed E-state index contributed by atoms with van der Waals surface area (Å²) in [7, 11) is 0. The van der Waals surface area contributed by atoms with Gasteiger partial charge in [-0.2, -0.15) is 0 Å². The first-order chi connectivity index (χ1) is 11.5. The van der Waals surface area contributed by atoms with Crippen molar-refractivity contribution in [2.24, 2.45) is 0 Å². The van der Waals surface area contributed by atoms with Gasteiger partial charge in [-0.3, -0.25) is 14.9 Å². The van der Waals surface area contributed by atoms with E-state index in [4.69, 9.17) is 4.42 Å². The Labute approximate surface area is 139 Å². The van der Waals surface area contributed by atoms with Crippen molar-refractivity contribution in [1.29, 1.82) is 0 Å². The lowest BCUT2D eigenvalue weighted by Gasteiger charge is -2.05. The van der Waals surface area contributed by atoms with Crippen molar-refractivity contribution in [2.75, 3.05) is 11.1 Å². The number of hydrogen-bond donors (Lipinski definition) is 1. The second-order valence-corrected chi connectivity index (χ2v) is 5.63. The minimum absolute atomic E-state index is 0.0542. The maximum atomic E-state index is 13.1. The summed E-state index contributed by atoms with van der Waals surface area (Å²) < 4.78 is 18.5. The SMILES string of the molecule is O=C(CSc1nc2ccccc2o1)Nc1ccc(F)cc1[N+](=O)[O-]. The number of benzene rings is 2. The first-order valence-corrected chi connectivity index (χ1v) is 7.73. The molecule has 0 saturated heterocycles. The number of aromatic nitrogens is 1. The number of para-hydroxylation sites is 2. The number of fused-ring (bicyclic) bond motifs is 1. The Morgan fingerprint density at radius 1 is 1.33 bits per heavy atom. The minimum atomic E-state index is -0.757. The topological polar surface area (TPSA) is 98.3 Å². The number of nitrogens with zero attached hydrogens (tertiary/aromatic N) is 2. The number of carbonyl (C=O) groups excluding carboxylic acids is 1. The molecule has 1 N–H and O–H groups in total. The van der Waals surface area contributed by atoms with Crippen LogP contribution >= 0.6 is 11.8 Å². The number of halogens is 1. The van der Waals surface area contributed by atoms with E-state index in [-0.39, 0.29) is 11.4 Å². The zero-order chi connectivity index (χ0) is 17.1. The fourth-order valence-corrected chi connectivity index (χ4v) is 2.63. The molecule has 0 aliphatic rings. The summed E-state index contributed by atoms with van der Waals surface area (Å²) in [6, 6.07) is 10.1. The van der Waals surface area contributed by atoms with Gasteiger partial charge in [-0.15, -0.1) is 0 Å². The van der Waals surface area contributed by atoms with Crippen molar-refractivity contribution >= 4 is 40.1 Å². The van der Waals surface area contributed by atoms with E-state index in [0.29, 0.717) is 16.3 Å². The van der Waals surface area contributed by atoms with Gasteiger partial charge in [0.1, 0.15) is 17.0 Å². The maximum absolute atomic E-state index is 13.1. The summed E-state index contributed by atoms with van der Waals surface area (Å²) in [5, 5.41) is 13.6. The Hall–Kier alpha value is -2.94. The van der Waals surface area contributed by atoms with Gasteiger partial charge in [-0.25, -0.2) is 9.37 Å². The van der Waals surface area contributed by atoms with E-state index in [0.717, 1.165) is 30.0 Å². The van der Waals surface area contributed by atoms with Crippen LogP contribution in [0.15, 0.2) is 52.1 Å². The first kappa shape index (κ1) is 15.9. The van der Waals surface area contributed by atoms with Gasteiger partial charge in [0, 0.05) is 0 Å². The Morgan fingerprint density at radius 3 is 2.88 bits per heavy atom. The Morgan fingerprint density at radius 2 is 2.12 bits per heavy atom. The third kappa shape index (κ3) is 3.51.